The van der Waals surface area contributed by atoms with Gasteiger partial charge in [-0.3, -0.25) is 15.1 Å². The quantitative estimate of drug-likeness (QED) is 0.517. The van der Waals surface area contributed by atoms with Crippen LogP contribution < -0.4 is 11.3 Å². The molecular formula is C15H16FN3OS. The number of carbonyl (C=O) groups excluding carboxylic acids is 1. The van der Waals surface area contributed by atoms with Gasteiger partial charge in [-0.25, -0.2) is 10.2 Å². The van der Waals surface area contributed by atoms with Crippen molar-refractivity contribution in [3.63, 3.8) is 0 Å². The predicted octanol–water partition coefficient (Wildman–Crippen LogP) is 1.90. The first-order valence-electron chi connectivity index (χ1n) is 6.75. The summed E-state index contributed by atoms with van der Waals surface area (Å²) in [6, 6.07) is 8.69. The van der Waals surface area contributed by atoms with Crippen LogP contribution in [0.1, 0.15) is 10.4 Å². The van der Waals surface area contributed by atoms with Crippen LogP contribution in [0.3, 0.4) is 0 Å². The van der Waals surface area contributed by atoms with Crippen molar-refractivity contribution in [2.45, 2.75) is 13.0 Å². The highest BCUT2D eigenvalue weighted by Gasteiger charge is 2.21. The Morgan fingerprint density at radius 2 is 2.14 bits per heavy atom. The molecule has 1 aromatic heterocycles. The molecule has 0 saturated carbocycles. The Labute approximate surface area is 126 Å². The maximum absolute atomic E-state index is 13.0. The van der Waals surface area contributed by atoms with Crippen LogP contribution in [-0.2, 0) is 17.8 Å². The standard InChI is InChI=1S/C15H16FN3OS/c16-12-3-1-10(2-4-12)14-7-11-8-19(9-15(20)18-17)6-5-13(11)21-14/h1-4,7H,5-6,8-9,17H2,(H,18,20). The number of nitrogens with two attached hydrogens (primary N) is 1. The highest BCUT2D eigenvalue weighted by Crippen LogP contribution is 2.34. The molecule has 3 rings (SSSR count). The first kappa shape index (κ1) is 14.2. The van der Waals surface area contributed by atoms with Crippen LogP contribution in [0, 0.1) is 5.82 Å². The Balaban J connectivity index is 1.78. The van der Waals surface area contributed by atoms with Gasteiger partial charge in [0.1, 0.15) is 5.82 Å². The fourth-order valence-corrected chi connectivity index (χ4v) is 3.70. The van der Waals surface area contributed by atoms with Crippen LogP contribution in [0.2, 0.25) is 0 Å². The number of thiophene rings is 1. The lowest BCUT2D eigenvalue weighted by Crippen LogP contribution is -2.42. The lowest BCUT2D eigenvalue weighted by atomic mass is 10.1. The minimum absolute atomic E-state index is 0.174. The fraction of sp³-hybridized carbons (Fsp3) is 0.267. The molecule has 21 heavy (non-hydrogen) atoms. The molecule has 6 heteroatoms. The molecule has 0 aliphatic carbocycles. The third kappa shape index (κ3) is 3.12. The van der Waals surface area contributed by atoms with Crippen molar-refractivity contribution >= 4 is 17.2 Å². The zero-order valence-corrected chi connectivity index (χ0v) is 12.3. The van der Waals surface area contributed by atoms with Gasteiger partial charge in [0.2, 0.25) is 5.91 Å². The number of hydrogen-bond acceptors (Lipinski definition) is 4. The third-order valence-electron chi connectivity index (χ3n) is 3.60. The number of hydrazine groups is 1. The third-order valence-corrected chi connectivity index (χ3v) is 4.89. The molecule has 3 N–H and O–H groups in total. The van der Waals surface area contributed by atoms with Crippen molar-refractivity contribution < 1.29 is 9.18 Å². The van der Waals surface area contributed by atoms with E-state index in [2.05, 4.69) is 16.4 Å². The molecule has 0 spiro atoms. The average Bonchev–Trinajstić information content (AvgIpc) is 2.91. The number of benzene rings is 1. The van der Waals surface area contributed by atoms with Gasteiger partial charge in [0.05, 0.1) is 6.54 Å². The second-order valence-electron chi connectivity index (χ2n) is 5.09. The molecule has 0 saturated heterocycles. The predicted molar refractivity (Wildman–Crippen MR) is 81.0 cm³/mol. The minimum Gasteiger partial charge on any atom is -0.293 e. The first-order valence-corrected chi connectivity index (χ1v) is 7.56. The molecule has 4 nitrogen and oxygen atoms in total. The maximum atomic E-state index is 13.0. The van der Waals surface area contributed by atoms with Crippen LogP contribution in [-0.4, -0.2) is 23.9 Å². The summed E-state index contributed by atoms with van der Waals surface area (Å²) in [6.07, 6.45) is 0.930. The van der Waals surface area contributed by atoms with Gasteiger partial charge in [-0.1, -0.05) is 12.1 Å². The fourth-order valence-electron chi connectivity index (χ4n) is 2.53. The lowest BCUT2D eigenvalue weighted by Gasteiger charge is -2.25. The molecule has 0 radical (unpaired) electrons. The van der Waals surface area contributed by atoms with Crippen molar-refractivity contribution in [2.24, 2.45) is 5.84 Å². The van der Waals surface area contributed by atoms with Crippen molar-refractivity contribution in [1.29, 1.82) is 0 Å². The first-order chi connectivity index (χ1) is 10.2. The normalized spacial score (nSPS) is 14.8. The minimum atomic E-state index is -0.223. The number of nitrogens with zero attached hydrogens (tertiary/aromatic N) is 1. The Morgan fingerprint density at radius 1 is 1.38 bits per heavy atom. The van der Waals surface area contributed by atoms with Gasteiger partial charge >= 0.3 is 0 Å². The van der Waals surface area contributed by atoms with Crippen LogP contribution in [0.25, 0.3) is 10.4 Å². The molecule has 0 atom stereocenters. The topological polar surface area (TPSA) is 58.4 Å². The van der Waals surface area contributed by atoms with Gasteiger partial charge < -0.3 is 0 Å². The molecule has 0 fully saturated rings. The van der Waals surface area contributed by atoms with Crippen molar-refractivity contribution in [1.82, 2.24) is 10.3 Å². The summed E-state index contributed by atoms with van der Waals surface area (Å²) in [5.74, 6) is 4.72. The lowest BCUT2D eigenvalue weighted by molar-refractivity contribution is -0.122. The average molecular weight is 305 g/mol. The zero-order valence-electron chi connectivity index (χ0n) is 11.4. The van der Waals surface area contributed by atoms with E-state index < -0.39 is 0 Å². The van der Waals surface area contributed by atoms with Gasteiger partial charge in [0.15, 0.2) is 0 Å². The van der Waals surface area contributed by atoms with E-state index in [4.69, 9.17) is 5.84 Å². The Kier molecular flexibility index (Phi) is 4.01. The second-order valence-corrected chi connectivity index (χ2v) is 6.23. The van der Waals surface area contributed by atoms with Crippen molar-refractivity contribution in [3.05, 3.63) is 46.6 Å². The molecule has 1 aliphatic rings. The molecule has 1 amide bonds. The van der Waals surface area contributed by atoms with Gasteiger partial charge in [0, 0.05) is 22.8 Å². The number of carbonyl (C=O) groups is 1. The zero-order chi connectivity index (χ0) is 14.8. The van der Waals surface area contributed by atoms with Crippen LogP contribution in [0.5, 0.6) is 0 Å². The summed E-state index contributed by atoms with van der Waals surface area (Å²) in [5.41, 5.74) is 4.43. The summed E-state index contributed by atoms with van der Waals surface area (Å²) < 4.78 is 13.0. The van der Waals surface area contributed by atoms with E-state index in [9.17, 15) is 9.18 Å². The Hall–Kier alpha value is -1.76. The summed E-state index contributed by atoms with van der Waals surface area (Å²) in [7, 11) is 0. The number of rotatable bonds is 3. The Bertz CT molecular complexity index is 653. The monoisotopic (exact) mass is 305 g/mol. The van der Waals surface area contributed by atoms with E-state index in [0.29, 0.717) is 6.54 Å². The summed E-state index contributed by atoms with van der Waals surface area (Å²) >= 11 is 1.75. The molecule has 2 aromatic rings. The molecule has 1 aromatic carbocycles. The second kappa shape index (κ2) is 5.93. The SMILES string of the molecule is NNC(=O)CN1CCc2sc(-c3ccc(F)cc3)cc2C1. The van der Waals surface area contributed by atoms with E-state index in [0.717, 1.165) is 30.0 Å². The number of amides is 1. The highest BCUT2D eigenvalue weighted by atomic mass is 32.1. The summed E-state index contributed by atoms with van der Waals surface area (Å²) in [5, 5.41) is 0. The molecule has 1 aliphatic heterocycles. The highest BCUT2D eigenvalue weighted by molar-refractivity contribution is 7.15. The van der Waals surface area contributed by atoms with Gasteiger partial charge in [-0.05, 0) is 35.7 Å². The number of halogens is 1. The number of hydrogen-bond donors (Lipinski definition) is 2. The van der Waals surface area contributed by atoms with E-state index in [1.54, 1.807) is 23.5 Å². The largest absolute Gasteiger partial charge is 0.293 e. The molecule has 110 valence electrons. The molecule has 0 bridgehead atoms. The molecule has 2 heterocycles. The van der Waals surface area contributed by atoms with Crippen molar-refractivity contribution in [2.75, 3.05) is 13.1 Å². The maximum Gasteiger partial charge on any atom is 0.248 e. The van der Waals surface area contributed by atoms with Gasteiger partial charge in [0.25, 0.3) is 0 Å². The van der Waals surface area contributed by atoms with E-state index in [1.165, 1.54) is 22.6 Å². The van der Waals surface area contributed by atoms with E-state index in [1.807, 2.05) is 0 Å². The Morgan fingerprint density at radius 3 is 2.86 bits per heavy atom. The summed E-state index contributed by atoms with van der Waals surface area (Å²) in [4.78, 5) is 15.9. The van der Waals surface area contributed by atoms with E-state index in [-0.39, 0.29) is 11.7 Å². The van der Waals surface area contributed by atoms with Gasteiger partial charge in [-0.15, -0.1) is 11.3 Å². The van der Waals surface area contributed by atoms with Crippen molar-refractivity contribution in [3.8, 4) is 10.4 Å². The number of fused-ring (bicyclic) bond motifs is 1. The van der Waals surface area contributed by atoms with E-state index >= 15 is 0 Å². The van der Waals surface area contributed by atoms with Gasteiger partial charge in [-0.2, -0.15) is 0 Å². The van der Waals surface area contributed by atoms with Crippen LogP contribution in [0.4, 0.5) is 4.39 Å². The van der Waals surface area contributed by atoms with Crippen LogP contribution >= 0.6 is 11.3 Å². The summed E-state index contributed by atoms with van der Waals surface area (Å²) in [6.45, 7) is 1.92. The van der Waals surface area contributed by atoms with Crippen LogP contribution in [0.15, 0.2) is 30.3 Å². The molecular weight excluding hydrogens is 289 g/mol. The molecule has 0 unspecified atom stereocenters. The number of nitrogens with one attached hydrogen (secondary N) is 1. The smallest absolute Gasteiger partial charge is 0.248 e.